The lowest BCUT2D eigenvalue weighted by Gasteiger charge is -2.50. The van der Waals surface area contributed by atoms with Crippen LogP contribution in [0.15, 0.2) is 36.4 Å². The Morgan fingerprint density at radius 3 is 2.06 bits per heavy atom. The first-order valence-corrected chi connectivity index (χ1v) is 11.3. The number of hydrogen-bond acceptors (Lipinski definition) is 5. The standard InChI is InChI=1S/C26H36N2O3/c1-14-6-8-19(10-16(14)3)22-12-18(5)23-25(29-22)24(21(28)13-27)31-26(30-23)20-9-7-15(2)17(4)11-20/h6-11,18,21-26H,12-13,27-28H2,1-5H3. The van der Waals surface area contributed by atoms with E-state index < -0.39 is 6.29 Å². The summed E-state index contributed by atoms with van der Waals surface area (Å²) >= 11 is 0. The van der Waals surface area contributed by atoms with Crippen LogP contribution in [0.2, 0.25) is 0 Å². The second-order valence-electron chi connectivity index (χ2n) is 9.42. The SMILES string of the molecule is Cc1ccc(C2CC(C)C3OC(c4ccc(C)c(C)c4)OC(C(N)CN)C3O2)cc1C. The number of nitrogens with two attached hydrogens (primary N) is 2. The Balaban J connectivity index is 1.62. The van der Waals surface area contributed by atoms with Crippen molar-refractivity contribution in [3.8, 4) is 0 Å². The van der Waals surface area contributed by atoms with Crippen LogP contribution in [0.25, 0.3) is 0 Å². The highest BCUT2D eigenvalue weighted by Crippen LogP contribution is 2.44. The zero-order valence-corrected chi connectivity index (χ0v) is 19.3. The molecule has 2 aliphatic heterocycles. The minimum atomic E-state index is -0.465. The molecular weight excluding hydrogens is 388 g/mol. The fourth-order valence-electron chi connectivity index (χ4n) is 4.72. The van der Waals surface area contributed by atoms with Crippen molar-refractivity contribution in [2.45, 2.75) is 77.8 Å². The predicted octanol–water partition coefficient (Wildman–Crippen LogP) is 4.16. The molecule has 0 bridgehead atoms. The summed E-state index contributed by atoms with van der Waals surface area (Å²) in [7, 11) is 0. The molecule has 31 heavy (non-hydrogen) atoms. The summed E-state index contributed by atoms with van der Waals surface area (Å²) in [4.78, 5) is 0. The van der Waals surface area contributed by atoms with Gasteiger partial charge in [-0.2, -0.15) is 0 Å². The molecule has 2 aromatic carbocycles. The number of aryl methyl sites for hydroxylation is 4. The smallest absolute Gasteiger partial charge is 0.184 e. The molecular formula is C26H36N2O3. The molecule has 5 heteroatoms. The molecule has 7 atom stereocenters. The molecule has 5 nitrogen and oxygen atoms in total. The molecule has 0 spiro atoms. The van der Waals surface area contributed by atoms with E-state index in [9.17, 15) is 0 Å². The largest absolute Gasteiger partial charge is 0.365 e. The molecule has 2 fully saturated rings. The van der Waals surface area contributed by atoms with Gasteiger partial charge in [0.05, 0.1) is 12.2 Å². The van der Waals surface area contributed by atoms with Gasteiger partial charge in [0.1, 0.15) is 12.2 Å². The van der Waals surface area contributed by atoms with E-state index in [0.29, 0.717) is 12.5 Å². The monoisotopic (exact) mass is 424 g/mol. The summed E-state index contributed by atoms with van der Waals surface area (Å²) in [6.45, 7) is 11.1. The van der Waals surface area contributed by atoms with Gasteiger partial charge in [0, 0.05) is 18.2 Å². The van der Waals surface area contributed by atoms with Crippen molar-refractivity contribution in [2.75, 3.05) is 6.54 Å². The van der Waals surface area contributed by atoms with Crippen LogP contribution in [0.1, 0.15) is 59.1 Å². The van der Waals surface area contributed by atoms with Crippen molar-refractivity contribution in [1.29, 1.82) is 0 Å². The fourth-order valence-corrected chi connectivity index (χ4v) is 4.72. The van der Waals surface area contributed by atoms with E-state index in [0.717, 1.165) is 12.0 Å². The Hall–Kier alpha value is -1.76. The first-order valence-electron chi connectivity index (χ1n) is 11.3. The van der Waals surface area contributed by atoms with Crippen molar-refractivity contribution in [2.24, 2.45) is 17.4 Å². The van der Waals surface area contributed by atoms with E-state index in [1.165, 1.54) is 27.8 Å². The molecule has 2 aliphatic rings. The highest BCUT2D eigenvalue weighted by atomic mass is 16.7. The molecule has 0 amide bonds. The summed E-state index contributed by atoms with van der Waals surface area (Å²) in [6.07, 6.45) is -0.246. The Kier molecular flexibility index (Phi) is 6.52. The van der Waals surface area contributed by atoms with Crippen molar-refractivity contribution < 1.29 is 14.2 Å². The van der Waals surface area contributed by atoms with Gasteiger partial charge in [-0.05, 0) is 67.9 Å². The Bertz CT molecular complexity index is 931. The summed E-state index contributed by atoms with van der Waals surface area (Å²) in [5.74, 6) is 0.302. The third kappa shape index (κ3) is 4.43. The normalized spacial score (nSPS) is 31.8. The lowest BCUT2D eigenvalue weighted by Crippen LogP contribution is -2.61. The first kappa shape index (κ1) is 22.4. The molecule has 7 unspecified atom stereocenters. The van der Waals surface area contributed by atoms with E-state index in [-0.39, 0.29) is 30.5 Å². The van der Waals surface area contributed by atoms with Crippen LogP contribution < -0.4 is 11.5 Å². The molecule has 168 valence electrons. The minimum absolute atomic E-state index is 0.00612. The summed E-state index contributed by atoms with van der Waals surface area (Å²) in [5, 5.41) is 0. The van der Waals surface area contributed by atoms with Gasteiger partial charge in [-0.15, -0.1) is 0 Å². The molecule has 4 N–H and O–H groups in total. The quantitative estimate of drug-likeness (QED) is 0.771. The zero-order chi connectivity index (χ0) is 22.3. The van der Waals surface area contributed by atoms with Gasteiger partial charge >= 0.3 is 0 Å². The van der Waals surface area contributed by atoms with Crippen molar-refractivity contribution >= 4 is 0 Å². The maximum absolute atomic E-state index is 6.62. The number of ether oxygens (including phenoxy) is 3. The van der Waals surface area contributed by atoms with Gasteiger partial charge in [-0.1, -0.05) is 43.3 Å². The van der Waals surface area contributed by atoms with Crippen LogP contribution in [0.4, 0.5) is 0 Å². The molecule has 0 aliphatic carbocycles. The van der Waals surface area contributed by atoms with Crippen LogP contribution in [0.5, 0.6) is 0 Å². The third-order valence-electron chi connectivity index (χ3n) is 7.08. The van der Waals surface area contributed by atoms with E-state index in [1.54, 1.807) is 0 Å². The zero-order valence-electron chi connectivity index (χ0n) is 19.3. The Labute approximate surface area is 186 Å². The Morgan fingerprint density at radius 1 is 0.839 bits per heavy atom. The Morgan fingerprint density at radius 2 is 1.45 bits per heavy atom. The summed E-state index contributed by atoms with van der Waals surface area (Å²) in [6, 6.07) is 12.6. The van der Waals surface area contributed by atoms with Gasteiger partial charge in [-0.3, -0.25) is 0 Å². The number of fused-ring (bicyclic) bond motifs is 1. The van der Waals surface area contributed by atoms with Gasteiger partial charge in [0.15, 0.2) is 6.29 Å². The van der Waals surface area contributed by atoms with E-state index in [4.69, 9.17) is 25.7 Å². The third-order valence-corrected chi connectivity index (χ3v) is 7.08. The molecule has 2 heterocycles. The number of benzene rings is 2. The van der Waals surface area contributed by atoms with Crippen molar-refractivity contribution in [3.05, 3.63) is 69.8 Å². The molecule has 4 rings (SSSR count). The number of hydrogen-bond donors (Lipinski definition) is 2. The molecule has 0 radical (unpaired) electrons. The average Bonchev–Trinajstić information content (AvgIpc) is 2.76. The maximum atomic E-state index is 6.62. The van der Waals surface area contributed by atoms with Crippen LogP contribution in [-0.2, 0) is 14.2 Å². The first-order chi connectivity index (χ1) is 14.8. The van der Waals surface area contributed by atoms with E-state index in [1.807, 2.05) is 0 Å². The average molecular weight is 425 g/mol. The van der Waals surface area contributed by atoms with Gasteiger partial charge < -0.3 is 25.7 Å². The van der Waals surface area contributed by atoms with Crippen LogP contribution >= 0.6 is 0 Å². The lowest BCUT2D eigenvalue weighted by atomic mass is 9.83. The van der Waals surface area contributed by atoms with E-state index in [2.05, 4.69) is 71.0 Å². The highest BCUT2D eigenvalue weighted by molar-refractivity contribution is 5.32. The van der Waals surface area contributed by atoms with Crippen LogP contribution in [-0.4, -0.2) is 30.9 Å². The van der Waals surface area contributed by atoms with Crippen LogP contribution in [0, 0.1) is 33.6 Å². The maximum Gasteiger partial charge on any atom is 0.184 e. The molecule has 2 aromatic rings. The fraction of sp³-hybridized carbons (Fsp3) is 0.538. The van der Waals surface area contributed by atoms with Gasteiger partial charge in [-0.25, -0.2) is 0 Å². The minimum Gasteiger partial charge on any atom is -0.365 e. The summed E-state index contributed by atoms with van der Waals surface area (Å²) in [5.41, 5.74) is 19.6. The highest BCUT2D eigenvalue weighted by Gasteiger charge is 2.49. The predicted molar refractivity (Wildman–Crippen MR) is 123 cm³/mol. The van der Waals surface area contributed by atoms with Gasteiger partial charge in [0.2, 0.25) is 0 Å². The van der Waals surface area contributed by atoms with Crippen LogP contribution in [0.3, 0.4) is 0 Å². The van der Waals surface area contributed by atoms with Gasteiger partial charge in [0.25, 0.3) is 0 Å². The van der Waals surface area contributed by atoms with E-state index >= 15 is 0 Å². The molecule has 0 aromatic heterocycles. The molecule has 2 saturated heterocycles. The van der Waals surface area contributed by atoms with Crippen molar-refractivity contribution in [3.63, 3.8) is 0 Å². The summed E-state index contributed by atoms with van der Waals surface area (Å²) < 4.78 is 19.5. The molecule has 0 saturated carbocycles. The topological polar surface area (TPSA) is 79.7 Å². The lowest BCUT2D eigenvalue weighted by molar-refractivity contribution is -0.331. The number of rotatable bonds is 4. The van der Waals surface area contributed by atoms with Crippen molar-refractivity contribution in [1.82, 2.24) is 0 Å². The second-order valence-corrected chi connectivity index (χ2v) is 9.42. The second kappa shape index (κ2) is 9.00.